The van der Waals surface area contributed by atoms with Gasteiger partial charge in [-0.25, -0.2) is 0 Å². The van der Waals surface area contributed by atoms with Crippen LogP contribution in [0, 0.1) is 0 Å². The van der Waals surface area contributed by atoms with Gasteiger partial charge >= 0.3 is 0 Å². The molecule has 0 saturated heterocycles. The maximum absolute atomic E-state index is 3.33. The van der Waals surface area contributed by atoms with Crippen LogP contribution in [0.15, 0.2) is 147 Å². The lowest BCUT2D eigenvalue weighted by Gasteiger charge is -2.19. The SMILES string of the molecule is C(=C/c1ccccc1)/C(=C\C=C\Nc1ccccc1)c1ccc2c(c1)Sc1ccccc1S2. The Morgan fingerprint density at radius 1 is 0.636 bits per heavy atom. The molecule has 1 aliphatic heterocycles. The molecule has 160 valence electrons. The van der Waals surface area contributed by atoms with Crippen molar-refractivity contribution in [3.05, 3.63) is 139 Å². The van der Waals surface area contributed by atoms with Gasteiger partial charge in [0.15, 0.2) is 0 Å². The zero-order valence-electron chi connectivity index (χ0n) is 18.0. The third kappa shape index (κ3) is 5.51. The van der Waals surface area contributed by atoms with Crippen molar-refractivity contribution in [2.75, 3.05) is 5.32 Å². The van der Waals surface area contributed by atoms with E-state index in [-0.39, 0.29) is 0 Å². The van der Waals surface area contributed by atoms with E-state index in [1.165, 1.54) is 30.7 Å². The van der Waals surface area contributed by atoms with Gasteiger partial charge in [0.05, 0.1) is 0 Å². The molecule has 0 unspecified atom stereocenters. The van der Waals surface area contributed by atoms with Crippen molar-refractivity contribution >= 4 is 40.9 Å². The minimum Gasteiger partial charge on any atom is -0.362 e. The maximum Gasteiger partial charge on any atom is 0.0379 e. The van der Waals surface area contributed by atoms with Crippen LogP contribution >= 0.6 is 23.5 Å². The molecule has 3 heteroatoms. The highest BCUT2D eigenvalue weighted by Crippen LogP contribution is 2.48. The third-order valence-corrected chi connectivity index (χ3v) is 7.76. The molecule has 4 aromatic carbocycles. The highest BCUT2D eigenvalue weighted by atomic mass is 32.2. The fourth-order valence-electron chi connectivity index (χ4n) is 3.54. The third-order valence-electron chi connectivity index (χ3n) is 5.22. The molecule has 0 atom stereocenters. The molecule has 0 saturated carbocycles. The molecule has 0 radical (unpaired) electrons. The molecule has 0 spiro atoms. The van der Waals surface area contributed by atoms with E-state index in [2.05, 4.69) is 108 Å². The number of allylic oxidation sites excluding steroid dienone is 4. The Morgan fingerprint density at radius 2 is 1.27 bits per heavy atom. The molecule has 33 heavy (non-hydrogen) atoms. The number of rotatable bonds is 6. The first-order chi connectivity index (χ1) is 16.3. The molecule has 0 fully saturated rings. The first kappa shape index (κ1) is 21.4. The average Bonchev–Trinajstić information content (AvgIpc) is 2.88. The van der Waals surface area contributed by atoms with Crippen LogP contribution < -0.4 is 5.32 Å². The Morgan fingerprint density at radius 3 is 2.03 bits per heavy atom. The summed E-state index contributed by atoms with van der Waals surface area (Å²) in [5.74, 6) is 0. The Hall–Kier alpha value is -3.40. The topological polar surface area (TPSA) is 12.0 Å². The second-order valence-electron chi connectivity index (χ2n) is 7.55. The minimum absolute atomic E-state index is 1.07. The summed E-state index contributed by atoms with van der Waals surface area (Å²) < 4.78 is 0. The molecule has 1 N–H and O–H groups in total. The monoisotopic (exact) mass is 461 g/mol. The summed E-state index contributed by atoms with van der Waals surface area (Å²) in [6.07, 6.45) is 10.6. The second-order valence-corrected chi connectivity index (χ2v) is 9.72. The van der Waals surface area contributed by atoms with Crippen molar-refractivity contribution in [1.29, 1.82) is 0 Å². The summed E-state index contributed by atoms with van der Waals surface area (Å²) in [5.41, 5.74) is 4.63. The van der Waals surface area contributed by atoms with Crippen molar-refractivity contribution < 1.29 is 0 Å². The van der Waals surface area contributed by atoms with Crippen molar-refractivity contribution in [3.8, 4) is 0 Å². The smallest absolute Gasteiger partial charge is 0.0379 e. The quantitative estimate of drug-likeness (QED) is 0.253. The number of hydrogen-bond donors (Lipinski definition) is 1. The van der Waals surface area contributed by atoms with Crippen molar-refractivity contribution in [2.24, 2.45) is 0 Å². The van der Waals surface area contributed by atoms with E-state index in [0.29, 0.717) is 0 Å². The van der Waals surface area contributed by atoms with E-state index in [1.54, 1.807) is 0 Å². The number of para-hydroxylation sites is 1. The van der Waals surface area contributed by atoms with Gasteiger partial charge in [-0.15, -0.1) is 0 Å². The zero-order valence-corrected chi connectivity index (χ0v) is 19.7. The van der Waals surface area contributed by atoms with E-state index in [4.69, 9.17) is 0 Å². The summed E-state index contributed by atoms with van der Waals surface area (Å²) in [6, 6.07) is 36.0. The largest absolute Gasteiger partial charge is 0.362 e. The Labute approximate surface area is 204 Å². The summed E-state index contributed by atoms with van der Waals surface area (Å²) >= 11 is 3.70. The van der Waals surface area contributed by atoms with Crippen LogP contribution in [0.3, 0.4) is 0 Å². The predicted octanol–water partition coefficient (Wildman–Crippen LogP) is 9.02. The van der Waals surface area contributed by atoms with E-state index in [0.717, 1.165) is 11.3 Å². The van der Waals surface area contributed by atoms with Crippen LogP contribution in [0.1, 0.15) is 11.1 Å². The molecule has 1 heterocycles. The highest BCUT2D eigenvalue weighted by Gasteiger charge is 2.17. The number of fused-ring (bicyclic) bond motifs is 2. The number of hydrogen-bond acceptors (Lipinski definition) is 3. The molecular weight excluding hydrogens is 438 g/mol. The van der Waals surface area contributed by atoms with E-state index >= 15 is 0 Å². The normalized spacial score (nSPS) is 13.2. The zero-order chi connectivity index (χ0) is 22.3. The summed E-state index contributed by atoms with van der Waals surface area (Å²) in [5, 5.41) is 3.33. The molecule has 0 aromatic heterocycles. The van der Waals surface area contributed by atoms with Gasteiger partial charge in [0, 0.05) is 31.5 Å². The van der Waals surface area contributed by atoms with Crippen LogP contribution in [0.2, 0.25) is 0 Å². The summed E-state index contributed by atoms with van der Waals surface area (Å²) in [4.78, 5) is 5.28. The predicted molar refractivity (Wildman–Crippen MR) is 144 cm³/mol. The molecule has 5 rings (SSSR count). The molecule has 0 amide bonds. The molecule has 1 aliphatic rings. The van der Waals surface area contributed by atoms with Gasteiger partial charge in [0.2, 0.25) is 0 Å². The molecule has 0 aliphatic carbocycles. The Kier molecular flexibility index (Phi) is 6.81. The fourth-order valence-corrected chi connectivity index (χ4v) is 5.79. The maximum atomic E-state index is 3.33. The van der Waals surface area contributed by atoms with Gasteiger partial charge in [-0.05, 0) is 59.2 Å². The lowest BCUT2D eigenvalue weighted by molar-refractivity contribution is 1.15. The molecule has 0 bridgehead atoms. The van der Waals surface area contributed by atoms with Crippen molar-refractivity contribution in [1.82, 2.24) is 0 Å². The van der Waals surface area contributed by atoms with E-state index in [9.17, 15) is 0 Å². The van der Waals surface area contributed by atoms with E-state index < -0.39 is 0 Å². The van der Waals surface area contributed by atoms with Crippen LogP contribution in [0.4, 0.5) is 5.69 Å². The van der Waals surface area contributed by atoms with Gasteiger partial charge in [-0.3, -0.25) is 0 Å². The van der Waals surface area contributed by atoms with Crippen molar-refractivity contribution in [2.45, 2.75) is 19.6 Å². The van der Waals surface area contributed by atoms with Crippen molar-refractivity contribution in [3.63, 3.8) is 0 Å². The first-order valence-corrected chi connectivity index (χ1v) is 12.5. The fraction of sp³-hybridized carbons (Fsp3) is 0. The minimum atomic E-state index is 1.07. The number of anilines is 1. The van der Waals surface area contributed by atoms with Crippen LogP contribution in [0.25, 0.3) is 11.6 Å². The highest BCUT2D eigenvalue weighted by molar-refractivity contribution is 8.05. The second kappa shape index (κ2) is 10.5. The van der Waals surface area contributed by atoms with Gasteiger partial charge in [0.1, 0.15) is 0 Å². The van der Waals surface area contributed by atoms with Crippen LogP contribution in [0.5, 0.6) is 0 Å². The summed E-state index contributed by atoms with van der Waals surface area (Å²) in [7, 11) is 0. The molecule has 4 aromatic rings. The average molecular weight is 462 g/mol. The van der Waals surface area contributed by atoms with E-state index in [1.807, 2.05) is 54.0 Å². The Balaban J connectivity index is 1.43. The van der Waals surface area contributed by atoms with Crippen LogP contribution in [-0.2, 0) is 0 Å². The number of nitrogens with one attached hydrogen (secondary N) is 1. The summed E-state index contributed by atoms with van der Waals surface area (Å²) in [6.45, 7) is 0. The standard InChI is InChI=1S/C30H23NS2/c1-3-10-23(11-4-1)17-18-24(12-9-21-31-26-13-5-2-6-14-26)25-19-20-29-30(22-25)33-28-16-8-7-15-27(28)32-29/h1-22,31H/b18-17-,21-9+,24-12+. The van der Waals surface area contributed by atoms with Crippen LogP contribution in [-0.4, -0.2) is 0 Å². The van der Waals surface area contributed by atoms with Gasteiger partial charge in [0.25, 0.3) is 0 Å². The van der Waals surface area contributed by atoms with Gasteiger partial charge in [-0.2, -0.15) is 0 Å². The van der Waals surface area contributed by atoms with Gasteiger partial charge < -0.3 is 5.32 Å². The first-order valence-electron chi connectivity index (χ1n) is 10.9. The van der Waals surface area contributed by atoms with Gasteiger partial charge in [-0.1, -0.05) is 108 Å². The molecular formula is C30H23NS2. The number of benzene rings is 4. The Bertz CT molecular complexity index is 1320. The lowest BCUT2D eigenvalue weighted by atomic mass is 10.0. The molecule has 1 nitrogen and oxygen atoms in total. The lowest BCUT2D eigenvalue weighted by Crippen LogP contribution is -1.91.